The van der Waals surface area contributed by atoms with E-state index in [4.69, 9.17) is 4.74 Å². The normalized spacial score (nSPS) is 11.0. The molecular weight excluding hydrogens is 250 g/mol. The fourth-order valence-corrected chi connectivity index (χ4v) is 2.26. The Morgan fingerprint density at radius 2 is 1.60 bits per heavy atom. The van der Waals surface area contributed by atoms with Crippen LogP contribution in [0.4, 0.5) is 0 Å². The van der Waals surface area contributed by atoms with Crippen molar-refractivity contribution in [3.05, 3.63) is 66.9 Å². The highest BCUT2D eigenvalue weighted by Crippen LogP contribution is 2.24. The van der Waals surface area contributed by atoms with Gasteiger partial charge < -0.3 is 4.74 Å². The van der Waals surface area contributed by atoms with Gasteiger partial charge in [0.15, 0.2) is 5.65 Å². The van der Waals surface area contributed by atoms with Crippen LogP contribution in [0.2, 0.25) is 0 Å². The SMILES string of the molecule is c1ccc(Oc2nnc3c4ccccc4ccn23)cc1. The van der Waals surface area contributed by atoms with Crippen molar-refractivity contribution in [3.63, 3.8) is 0 Å². The fourth-order valence-electron chi connectivity index (χ4n) is 2.26. The summed E-state index contributed by atoms with van der Waals surface area (Å²) < 4.78 is 7.63. The molecule has 0 aliphatic carbocycles. The average Bonchev–Trinajstić information content (AvgIpc) is 2.92. The maximum absolute atomic E-state index is 5.77. The minimum Gasteiger partial charge on any atom is -0.424 e. The molecular formula is C16H11N3O. The fraction of sp³-hybridized carbons (Fsp3) is 0. The molecule has 0 saturated carbocycles. The third-order valence-electron chi connectivity index (χ3n) is 3.22. The summed E-state index contributed by atoms with van der Waals surface area (Å²) in [6, 6.07) is 20.2. The summed E-state index contributed by atoms with van der Waals surface area (Å²) in [5, 5.41) is 10.6. The highest BCUT2D eigenvalue weighted by atomic mass is 16.5. The van der Waals surface area contributed by atoms with Gasteiger partial charge in [-0.25, -0.2) is 0 Å². The number of ether oxygens (including phenoxy) is 1. The van der Waals surface area contributed by atoms with E-state index in [-0.39, 0.29) is 0 Å². The van der Waals surface area contributed by atoms with Crippen molar-refractivity contribution in [3.8, 4) is 11.8 Å². The Bertz CT molecular complexity index is 884. The Morgan fingerprint density at radius 1 is 0.800 bits per heavy atom. The average molecular weight is 261 g/mol. The van der Waals surface area contributed by atoms with Crippen LogP contribution in [0, 0.1) is 0 Å². The molecule has 2 aromatic carbocycles. The van der Waals surface area contributed by atoms with E-state index in [0.717, 1.165) is 22.2 Å². The van der Waals surface area contributed by atoms with E-state index in [9.17, 15) is 0 Å². The number of hydrogen-bond acceptors (Lipinski definition) is 3. The molecule has 2 aromatic heterocycles. The first kappa shape index (κ1) is 11.0. The van der Waals surface area contributed by atoms with Gasteiger partial charge in [-0.3, -0.25) is 4.40 Å². The van der Waals surface area contributed by atoms with Gasteiger partial charge in [0, 0.05) is 11.6 Å². The first-order chi connectivity index (χ1) is 9.92. The standard InChI is InChI=1S/C16H11N3O/c1-2-7-13(8-3-1)20-16-18-17-15-14-9-5-4-6-12(14)10-11-19(15)16/h1-11H. The molecule has 2 heterocycles. The van der Waals surface area contributed by atoms with E-state index in [1.165, 1.54) is 0 Å². The van der Waals surface area contributed by atoms with Crippen molar-refractivity contribution in [2.24, 2.45) is 0 Å². The van der Waals surface area contributed by atoms with Crippen LogP contribution in [0.25, 0.3) is 16.4 Å². The summed E-state index contributed by atoms with van der Waals surface area (Å²) in [6.45, 7) is 0. The van der Waals surface area contributed by atoms with Gasteiger partial charge in [0.1, 0.15) is 5.75 Å². The van der Waals surface area contributed by atoms with Gasteiger partial charge in [0.05, 0.1) is 0 Å². The Balaban J connectivity index is 1.88. The lowest BCUT2D eigenvalue weighted by atomic mass is 10.2. The zero-order chi connectivity index (χ0) is 13.4. The monoisotopic (exact) mass is 261 g/mol. The van der Waals surface area contributed by atoms with Crippen LogP contribution < -0.4 is 4.74 Å². The molecule has 0 spiro atoms. The lowest BCUT2D eigenvalue weighted by Crippen LogP contribution is -1.91. The predicted molar refractivity (Wildman–Crippen MR) is 77.0 cm³/mol. The molecule has 4 rings (SSSR count). The molecule has 4 heteroatoms. The summed E-state index contributed by atoms with van der Waals surface area (Å²) in [4.78, 5) is 0. The van der Waals surface area contributed by atoms with Crippen molar-refractivity contribution in [2.45, 2.75) is 0 Å². The van der Waals surface area contributed by atoms with Crippen molar-refractivity contribution in [1.82, 2.24) is 14.6 Å². The Morgan fingerprint density at radius 3 is 2.50 bits per heavy atom. The number of fused-ring (bicyclic) bond motifs is 3. The number of hydrogen-bond donors (Lipinski definition) is 0. The molecule has 0 bridgehead atoms. The maximum atomic E-state index is 5.77. The Labute approximate surface area is 115 Å². The van der Waals surface area contributed by atoms with E-state index in [0.29, 0.717) is 6.01 Å². The van der Waals surface area contributed by atoms with Crippen molar-refractivity contribution in [1.29, 1.82) is 0 Å². The summed E-state index contributed by atoms with van der Waals surface area (Å²) in [7, 11) is 0. The number of para-hydroxylation sites is 1. The van der Waals surface area contributed by atoms with Gasteiger partial charge >= 0.3 is 6.01 Å². The molecule has 0 unspecified atom stereocenters. The Kier molecular flexibility index (Phi) is 2.39. The van der Waals surface area contributed by atoms with E-state index in [2.05, 4.69) is 16.3 Å². The van der Waals surface area contributed by atoms with Crippen LogP contribution >= 0.6 is 0 Å². The number of pyridine rings is 1. The molecule has 0 aliphatic rings. The highest BCUT2D eigenvalue weighted by Gasteiger charge is 2.09. The third-order valence-corrected chi connectivity index (χ3v) is 3.22. The third kappa shape index (κ3) is 1.70. The largest absolute Gasteiger partial charge is 0.424 e. The van der Waals surface area contributed by atoms with Crippen molar-refractivity contribution in [2.75, 3.05) is 0 Å². The van der Waals surface area contributed by atoms with Gasteiger partial charge in [-0.1, -0.05) is 47.6 Å². The van der Waals surface area contributed by atoms with Crippen LogP contribution in [0.3, 0.4) is 0 Å². The molecule has 0 radical (unpaired) electrons. The van der Waals surface area contributed by atoms with E-state index in [1.807, 2.05) is 65.2 Å². The quantitative estimate of drug-likeness (QED) is 0.552. The van der Waals surface area contributed by atoms with Crippen LogP contribution in [-0.4, -0.2) is 14.6 Å². The lowest BCUT2D eigenvalue weighted by molar-refractivity contribution is 0.436. The number of benzene rings is 2. The molecule has 0 fully saturated rings. The maximum Gasteiger partial charge on any atom is 0.327 e. The first-order valence-electron chi connectivity index (χ1n) is 6.37. The molecule has 4 nitrogen and oxygen atoms in total. The van der Waals surface area contributed by atoms with Crippen LogP contribution in [0.5, 0.6) is 11.8 Å². The predicted octanol–water partition coefficient (Wildman–Crippen LogP) is 3.67. The topological polar surface area (TPSA) is 39.4 Å². The van der Waals surface area contributed by atoms with E-state index >= 15 is 0 Å². The second-order valence-electron chi connectivity index (χ2n) is 4.49. The van der Waals surface area contributed by atoms with Gasteiger partial charge in [0.25, 0.3) is 0 Å². The second-order valence-corrected chi connectivity index (χ2v) is 4.49. The van der Waals surface area contributed by atoms with E-state index < -0.39 is 0 Å². The summed E-state index contributed by atoms with van der Waals surface area (Å²) in [5.41, 5.74) is 0.800. The lowest BCUT2D eigenvalue weighted by Gasteiger charge is -2.04. The van der Waals surface area contributed by atoms with Crippen LogP contribution in [0.15, 0.2) is 66.9 Å². The molecule has 20 heavy (non-hydrogen) atoms. The van der Waals surface area contributed by atoms with Gasteiger partial charge in [-0.05, 0) is 23.6 Å². The zero-order valence-corrected chi connectivity index (χ0v) is 10.6. The van der Waals surface area contributed by atoms with E-state index in [1.54, 1.807) is 0 Å². The van der Waals surface area contributed by atoms with Crippen molar-refractivity contribution >= 4 is 16.4 Å². The minimum absolute atomic E-state index is 0.469. The smallest absolute Gasteiger partial charge is 0.327 e. The van der Waals surface area contributed by atoms with Crippen molar-refractivity contribution < 1.29 is 4.74 Å². The number of rotatable bonds is 2. The molecule has 0 atom stereocenters. The molecule has 96 valence electrons. The summed E-state index contributed by atoms with van der Waals surface area (Å²) in [5.74, 6) is 0.745. The Hall–Kier alpha value is -2.88. The van der Waals surface area contributed by atoms with Gasteiger partial charge in [-0.15, -0.1) is 5.10 Å². The minimum atomic E-state index is 0.469. The number of nitrogens with zero attached hydrogens (tertiary/aromatic N) is 3. The summed E-state index contributed by atoms with van der Waals surface area (Å²) in [6.07, 6.45) is 1.93. The highest BCUT2D eigenvalue weighted by molar-refractivity contribution is 5.93. The second kappa shape index (κ2) is 4.35. The van der Waals surface area contributed by atoms with Gasteiger partial charge in [0.2, 0.25) is 0 Å². The summed E-state index contributed by atoms with van der Waals surface area (Å²) >= 11 is 0. The molecule has 0 N–H and O–H groups in total. The zero-order valence-electron chi connectivity index (χ0n) is 10.6. The first-order valence-corrected chi connectivity index (χ1v) is 6.37. The molecule has 4 aromatic rings. The van der Waals surface area contributed by atoms with Gasteiger partial charge in [-0.2, -0.15) is 0 Å². The molecule has 0 aliphatic heterocycles. The van der Waals surface area contributed by atoms with Crippen LogP contribution in [0.1, 0.15) is 0 Å². The van der Waals surface area contributed by atoms with Crippen LogP contribution in [-0.2, 0) is 0 Å². The molecule has 0 saturated heterocycles. The number of aromatic nitrogens is 3. The molecule has 0 amide bonds.